The van der Waals surface area contributed by atoms with Crippen molar-refractivity contribution in [1.82, 2.24) is 9.55 Å². The van der Waals surface area contributed by atoms with Gasteiger partial charge >= 0.3 is 5.97 Å². The molecule has 26 heavy (non-hydrogen) atoms. The molecule has 0 aliphatic rings. The van der Waals surface area contributed by atoms with E-state index < -0.39 is 0 Å². The summed E-state index contributed by atoms with van der Waals surface area (Å²) in [5.74, 6) is 0.456. The zero-order valence-electron chi connectivity index (χ0n) is 14.7. The number of ether oxygens (including phenoxy) is 2. The topological polar surface area (TPSA) is 70.4 Å². The first-order valence-electron chi connectivity index (χ1n) is 8.33. The van der Waals surface area contributed by atoms with Gasteiger partial charge in [0.15, 0.2) is 0 Å². The van der Waals surface area contributed by atoms with Crippen LogP contribution >= 0.6 is 11.3 Å². The highest BCUT2D eigenvalue weighted by molar-refractivity contribution is 7.16. The smallest absolute Gasteiger partial charge is 0.307 e. The molecule has 3 rings (SSSR count). The maximum Gasteiger partial charge on any atom is 0.307 e. The van der Waals surface area contributed by atoms with Gasteiger partial charge in [0.1, 0.15) is 23.8 Å². The Hall–Kier alpha value is -2.67. The van der Waals surface area contributed by atoms with Gasteiger partial charge in [-0.25, -0.2) is 4.98 Å². The maximum absolute atomic E-state index is 12.2. The van der Waals surface area contributed by atoms with Crippen LogP contribution < -0.4 is 10.3 Å². The fraction of sp³-hybridized carbons (Fsp3) is 0.316. The zero-order chi connectivity index (χ0) is 18.5. The molecule has 0 aliphatic carbocycles. The number of hydrogen-bond acceptors (Lipinski definition) is 6. The number of para-hydroxylation sites is 1. The molecule has 1 aromatic carbocycles. The number of hydrogen-bond donors (Lipinski definition) is 0. The predicted octanol–water partition coefficient (Wildman–Crippen LogP) is 3.09. The largest absolute Gasteiger partial charge is 0.489 e. The normalized spacial score (nSPS) is 10.8. The Bertz CT molecular complexity index is 957. The van der Waals surface area contributed by atoms with Gasteiger partial charge in [0.05, 0.1) is 18.1 Å². The van der Waals surface area contributed by atoms with E-state index in [1.807, 2.05) is 37.4 Å². The fourth-order valence-electron chi connectivity index (χ4n) is 2.66. The Morgan fingerprint density at radius 1 is 1.19 bits per heavy atom. The molecule has 0 spiro atoms. The van der Waals surface area contributed by atoms with Crippen molar-refractivity contribution in [1.29, 1.82) is 0 Å². The fourth-order valence-corrected chi connectivity index (χ4v) is 3.39. The van der Waals surface area contributed by atoms with Crippen molar-refractivity contribution in [3.05, 3.63) is 57.5 Å². The lowest BCUT2D eigenvalue weighted by molar-refractivity contribution is -0.144. The third-order valence-electron chi connectivity index (χ3n) is 4.01. The van der Waals surface area contributed by atoms with E-state index in [4.69, 9.17) is 9.47 Å². The highest BCUT2D eigenvalue weighted by atomic mass is 32.1. The maximum atomic E-state index is 12.2. The summed E-state index contributed by atoms with van der Waals surface area (Å²) in [6.45, 7) is 4.66. The summed E-state index contributed by atoms with van der Waals surface area (Å²) in [5, 5.41) is 2.40. The van der Waals surface area contributed by atoms with E-state index in [1.54, 1.807) is 6.07 Å². The number of carbonyl (C=O) groups is 1. The SMILES string of the molecule is Cc1cccc(C)c1OCCOC(=O)CCn1cnc2sccc2c1=O. The monoisotopic (exact) mass is 372 g/mol. The van der Waals surface area contributed by atoms with Crippen molar-refractivity contribution >= 4 is 27.5 Å². The van der Waals surface area contributed by atoms with Crippen LogP contribution in [0.1, 0.15) is 17.5 Å². The van der Waals surface area contributed by atoms with Gasteiger partial charge < -0.3 is 9.47 Å². The summed E-state index contributed by atoms with van der Waals surface area (Å²) in [6, 6.07) is 7.67. The number of carbonyl (C=O) groups excluding carboxylic acids is 1. The van der Waals surface area contributed by atoms with Crippen LogP contribution in [0.5, 0.6) is 5.75 Å². The quantitative estimate of drug-likeness (QED) is 0.471. The molecule has 0 radical (unpaired) electrons. The van der Waals surface area contributed by atoms with Crippen LogP contribution in [0.4, 0.5) is 0 Å². The molecule has 0 N–H and O–H groups in total. The molecule has 0 atom stereocenters. The Morgan fingerprint density at radius 3 is 2.73 bits per heavy atom. The number of aromatic nitrogens is 2. The second-order valence-corrected chi connectivity index (χ2v) is 6.82. The number of nitrogens with zero attached hydrogens (tertiary/aromatic N) is 2. The van der Waals surface area contributed by atoms with Gasteiger partial charge in [-0.15, -0.1) is 11.3 Å². The van der Waals surface area contributed by atoms with E-state index in [0.29, 0.717) is 16.8 Å². The predicted molar refractivity (Wildman–Crippen MR) is 101 cm³/mol. The van der Waals surface area contributed by atoms with Gasteiger partial charge in [0.2, 0.25) is 0 Å². The summed E-state index contributed by atoms with van der Waals surface area (Å²) in [6.07, 6.45) is 1.58. The molecule has 0 amide bonds. The zero-order valence-corrected chi connectivity index (χ0v) is 15.5. The Balaban J connectivity index is 1.45. The molecule has 2 heterocycles. The minimum Gasteiger partial charge on any atom is -0.489 e. The van der Waals surface area contributed by atoms with Crippen molar-refractivity contribution in [2.75, 3.05) is 13.2 Å². The minimum absolute atomic E-state index is 0.112. The summed E-state index contributed by atoms with van der Waals surface area (Å²) in [7, 11) is 0. The molecule has 136 valence electrons. The van der Waals surface area contributed by atoms with Gasteiger partial charge in [-0.1, -0.05) is 18.2 Å². The highest BCUT2D eigenvalue weighted by Gasteiger charge is 2.09. The van der Waals surface area contributed by atoms with E-state index in [0.717, 1.165) is 16.9 Å². The van der Waals surface area contributed by atoms with Crippen LogP contribution in [0, 0.1) is 13.8 Å². The van der Waals surface area contributed by atoms with Crippen molar-refractivity contribution in [2.45, 2.75) is 26.8 Å². The summed E-state index contributed by atoms with van der Waals surface area (Å²) in [5.41, 5.74) is 1.96. The summed E-state index contributed by atoms with van der Waals surface area (Å²) < 4.78 is 12.3. The van der Waals surface area contributed by atoms with Crippen LogP contribution in [0.15, 0.2) is 40.8 Å². The minimum atomic E-state index is -0.368. The second kappa shape index (κ2) is 8.14. The summed E-state index contributed by atoms with van der Waals surface area (Å²) >= 11 is 1.42. The molecular weight excluding hydrogens is 352 g/mol. The van der Waals surface area contributed by atoms with Crippen LogP contribution in [-0.4, -0.2) is 28.7 Å². The Kier molecular flexibility index (Phi) is 5.68. The van der Waals surface area contributed by atoms with Gasteiger partial charge in [0, 0.05) is 6.54 Å². The molecule has 2 aromatic heterocycles. The van der Waals surface area contributed by atoms with Crippen molar-refractivity contribution in [2.24, 2.45) is 0 Å². The van der Waals surface area contributed by atoms with Crippen molar-refractivity contribution < 1.29 is 14.3 Å². The molecule has 0 unspecified atom stereocenters. The number of benzene rings is 1. The first kappa shape index (κ1) is 18.1. The number of esters is 1. The average molecular weight is 372 g/mol. The third kappa shape index (κ3) is 4.11. The van der Waals surface area contributed by atoms with E-state index in [9.17, 15) is 9.59 Å². The number of rotatable bonds is 7. The highest BCUT2D eigenvalue weighted by Crippen LogP contribution is 2.22. The molecule has 3 aromatic rings. The van der Waals surface area contributed by atoms with E-state index >= 15 is 0 Å². The average Bonchev–Trinajstić information content (AvgIpc) is 3.10. The van der Waals surface area contributed by atoms with Crippen molar-refractivity contribution in [3.63, 3.8) is 0 Å². The number of fused-ring (bicyclic) bond motifs is 1. The van der Waals surface area contributed by atoms with Crippen LogP contribution in [0.2, 0.25) is 0 Å². The molecular formula is C19H20N2O4S. The van der Waals surface area contributed by atoms with Crippen LogP contribution in [-0.2, 0) is 16.1 Å². The standard InChI is InChI=1S/C19H20N2O4S/c1-13-4-3-5-14(2)17(13)25-10-9-24-16(22)6-8-21-12-20-18-15(19(21)23)7-11-26-18/h3-5,7,11-12H,6,8-10H2,1-2H3. The lowest BCUT2D eigenvalue weighted by Crippen LogP contribution is -2.22. The lowest BCUT2D eigenvalue weighted by atomic mass is 10.1. The Morgan fingerprint density at radius 2 is 1.96 bits per heavy atom. The van der Waals surface area contributed by atoms with Gasteiger partial charge in [-0.2, -0.15) is 0 Å². The lowest BCUT2D eigenvalue weighted by Gasteiger charge is -2.12. The molecule has 0 saturated heterocycles. The molecule has 0 bridgehead atoms. The first-order chi connectivity index (χ1) is 12.6. The summed E-state index contributed by atoms with van der Waals surface area (Å²) in [4.78, 5) is 29.0. The van der Waals surface area contributed by atoms with Crippen LogP contribution in [0.3, 0.4) is 0 Å². The molecule has 7 heteroatoms. The molecule has 0 saturated carbocycles. The van der Waals surface area contributed by atoms with Crippen molar-refractivity contribution in [3.8, 4) is 5.75 Å². The second-order valence-electron chi connectivity index (χ2n) is 5.92. The van der Waals surface area contributed by atoms with Crippen LogP contribution in [0.25, 0.3) is 10.2 Å². The van der Waals surface area contributed by atoms with Gasteiger partial charge in [0.25, 0.3) is 5.56 Å². The molecule has 0 fully saturated rings. The van der Waals surface area contributed by atoms with E-state index in [2.05, 4.69) is 4.98 Å². The van der Waals surface area contributed by atoms with Gasteiger partial charge in [-0.3, -0.25) is 14.2 Å². The first-order valence-corrected chi connectivity index (χ1v) is 9.21. The third-order valence-corrected chi connectivity index (χ3v) is 4.83. The molecule has 6 nitrogen and oxygen atoms in total. The number of aryl methyl sites for hydroxylation is 3. The Labute approximate surface area is 155 Å². The van der Waals surface area contributed by atoms with E-state index in [-0.39, 0.29) is 31.1 Å². The molecule has 0 aliphatic heterocycles. The number of thiophene rings is 1. The van der Waals surface area contributed by atoms with Gasteiger partial charge in [-0.05, 0) is 36.4 Å². The van der Waals surface area contributed by atoms with E-state index in [1.165, 1.54) is 22.2 Å².